The second-order valence-corrected chi connectivity index (χ2v) is 8.06. The maximum absolute atomic E-state index is 12.6. The van der Waals surface area contributed by atoms with E-state index in [-0.39, 0.29) is 34.6 Å². The Kier molecular flexibility index (Phi) is 5.85. The molecule has 3 N–H and O–H groups in total. The van der Waals surface area contributed by atoms with Crippen molar-refractivity contribution in [3.63, 3.8) is 0 Å². The lowest BCUT2D eigenvalue weighted by Gasteiger charge is -2.27. The predicted octanol–water partition coefficient (Wildman–Crippen LogP) is 4.66. The number of hydrogen-bond donors (Lipinski definition) is 3. The molecule has 0 radical (unpaired) electrons. The van der Waals surface area contributed by atoms with Gasteiger partial charge in [0.1, 0.15) is 22.8 Å². The van der Waals surface area contributed by atoms with E-state index in [4.69, 9.17) is 4.74 Å². The van der Waals surface area contributed by atoms with Crippen molar-refractivity contribution in [1.82, 2.24) is 0 Å². The molecule has 2 aromatic rings. The Labute approximate surface area is 176 Å². The molecule has 30 heavy (non-hydrogen) atoms. The van der Waals surface area contributed by atoms with Crippen LogP contribution in [0.3, 0.4) is 0 Å². The summed E-state index contributed by atoms with van der Waals surface area (Å²) in [5, 5.41) is 30.5. The van der Waals surface area contributed by atoms with Gasteiger partial charge in [-0.1, -0.05) is 30.4 Å². The van der Waals surface area contributed by atoms with Crippen LogP contribution in [0, 0.1) is 0 Å². The highest BCUT2D eigenvalue weighted by Crippen LogP contribution is 2.34. The third kappa shape index (κ3) is 4.63. The summed E-state index contributed by atoms with van der Waals surface area (Å²) in [4.78, 5) is 12.6. The van der Waals surface area contributed by atoms with E-state index >= 15 is 0 Å². The number of phenols is 2. The third-order valence-corrected chi connectivity index (χ3v) is 4.99. The van der Waals surface area contributed by atoms with Gasteiger partial charge >= 0.3 is 0 Å². The number of carbonyl (C=O) groups is 1. The van der Waals surface area contributed by atoms with E-state index < -0.39 is 11.9 Å². The molecule has 1 heterocycles. The van der Waals surface area contributed by atoms with Gasteiger partial charge in [0.25, 0.3) is 0 Å². The average molecular weight is 406 g/mol. The molecule has 1 atom stereocenters. The molecule has 156 valence electrons. The summed E-state index contributed by atoms with van der Waals surface area (Å²) in [7, 11) is 0. The summed E-state index contributed by atoms with van der Waals surface area (Å²) >= 11 is 0. The lowest BCUT2D eigenvalue weighted by Crippen LogP contribution is -2.27. The van der Waals surface area contributed by atoms with E-state index in [9.17, 15) is 20.1 Å². The van der Waals surface area contributed by atoms with Gasteiger partial charge in [-0.3, -0.25) is 4.79 Å². The Hall–Kier alpha value is -3.31. The van der Waals surface area contributed by atoms with Gasteiger partial charge in [0.2, 0.25) is 0 Å². The summed E-state index contributed by atoms with van der Waals surface area (Å²) in [6.07, 6.45) is 6.02. The van der Waals surface area contributed by atoms with E-state index in [1.165, 1.54) is 18.2 Å². The minimum atomic E-state index is -0.932. The van der Waals surface area contributed by atoms with E-state index in [0.29, 0.717) is 5.57 Å². The summed E-state index contributed by atoms with van der Waals surface area (Å²) in [6.45, 7) is 9.27. The number of aliphatic hydroxyl groups is 1. The molecule has 0 bridgehead atoms. The quantitative estimate of drug-likeness (QED) is 0.369. The first-order valence-corrected chi connectivity index (χ1v) is 9.69. The molecule has 0 aliphatic carbocycles. The fourth-order valence-electron chi connectivity index (χ4n) is 3.16. The lowest BCUT2D eigenvalue weighted by molar-refractivity contribution is 0.104. The second-order valence-electron chi connectivity index (χ2n) is 8.06. The third-order valence-electron chi connectivity index (χ3n) is 4.99. The number of aliphatic hydroxyl groups excluding tert-OH is 1. The standard InChI is InChI=1S/C25H26O5/c1-15(2)22(28)14-19-21(27)9-7-18(24(19)29)20(26)8-5-16-6-10-23-17(13-16)11-12-25(3,4)30-23/h5-13,22,27-29H,1,14H2,2-4H3/b8-5+/t22-/m1/s1. The zero-order chi connectivity index (χ0) is 22.1. The summed E-state index contributed by atoms with van der Waals surface area (Å²) in [6, 6.07) is 8.32. The molecule has 0 fully saturated rings. The van der Waals surface area contributed by atoms with Crippen molar-refractivity contribution < 1.29 is 24.9 Å². The predicted molar refractivity (Wildman–Crippen MR) is 118 cm³/mol. The van der Waals surface area contributed by atoms with Gasteiger partial charge in [0.15, 0.2) is 5.78 Å². The van der Waals surface area contributed by atoms with Crippen molar-refractivity contribution in [3.05, 3.63) is 76.9 Å². The number of benzene rings is 2. The first-order chi connectivity index (χ1) is 14.1. The normalized spacial score (nSPS) is 15.5. The molecule has 0 aromatic heterocycles. The maximum atomic E-state index is 12.6. The number of ether oxygens (including phenoxy) is 1. The SMILES string of the molecule is C=C(C)[C@H](O)Cc1c(O)ccc(C(=O)/C=C/c2ccc3c(c2)C=CC(C)(C)O3)c1O. The Morgan fingerprint density at radius 2 is 1.97 bits per heavy atom. The van der Waals surface area contributed by atoms with Crippen LogP contribution in [-0.2, 0) is 6.42 Å². The van der Waals surface area contributed by atoms with Crippen molar-refractivity contribution in [2.45, 2.75) is 38.9 Å². The number of carbonyl (C=O) groups excluding carboxylic acids is 1. The molecule has 0 spiro atoms. The van der Waals surface area contributed by atoms with Crippen LogP contribution in [0.1, 0.15) is 47.8 Å². The smallest absolute Gasteiger partial charge is 0.189 e. The summed E-state index contributed by atoms with van der Waals surface area (Å²) in [5.41, 5.74) is 2.05. The van der Waals surface area contributed by atoms with Gasteiger partial charge in [0.05, 0.1) is 11.7 Å². The van der Waals surface area contributed by atoms with Crippen LogP contribution in [0.4, 0.5) is 0 Å². The monoisotopic (exact) mass is 406 g/mol. The molecule has 1 aliphatic rings. The Morgan fingerprint density at radius 1 is 1.23 bits per heavy atom. The number of aromatic hydroxyl groups is 2. The van der Waals surface area contributed by atoms with E-state index in [2.05, 4.69) is 6.58 Å². The van der Waals surface area contributed by atoms with Crippen molar-refractivity contribution in [3.8, 4) is 17.2 Å². The minimum absolute atomic E-state index is 0.0364. The van der Waals surface area contributed by atoms with Crippen LogP contribution in [0.2, 0.25) is 0 Å². The Morgan fingerprint density at radius 3 is 2.67 bits per heavy atom. The first-order valence-electron chi connectivity index (χ1n) is 9.69. The van der Waals surface area contributed by atoms with Gasteiger partial charge in [-0.05, 0) is 62.8 Å². The number of rotatable bonds is 6. The fraction of sp³-hybridized carbons (Fsp3) is 0.240. The molecule has 0 saturated heterocycles. The van der Waals surface area contributed by atoms with Crippen molar-refractivity contribution in [2.75, 3.05) is 0 Å². The molecular weight excluding hydrogens is 380 g/mol. The largest absolute Gasteiger partial charge is 0.508 e. The molecule has 0 unspecified atom stereocenters. The van der Waals surface area contributed by atoms with Gasteiger partial charge in [0, 0.05) is 17.5 Å². The summed E-state index contributed by atoms with van der Waals surface area (Å²) < 4.78 is 5.90. The van der Waals surface area contributed by atoms with Gasteiger partial charge in [-0.25, -0.2) is 0 Å². The molecule has 5 heteroatoms. The van der Waals surface area contributed by atoms with Crippen molar-refractivity contribution in [1.29, 1.82) is 0 Å². The fourth-order valence-corrected chi connectivity index (χ4v) is 3.16. The molecule has 5 nitrogen and oxygen atoms in total. The topological polar surface area (TPSA) is 87.0 Å². The molecule has 0 amide bonds. The van der Waals surface area contributed by atoms with Crippen LogP contribution >= 0.6 is 0 Å². The van der Waals surface area contributed by atoms with Crippen LogP contribution in [0.25, 0.3) is 12.2 Å². The van der Waals surface area contributed by atoms with Crippen molar-refractivity contribution >= 4 is 17.9 Å². The van der Waals surface area contributed by atoms with E-state index in [1.54, 1.807) is 13.0 Å². The number of hydrogen-bond acceptors (Lipinski definition) is 5. The van der Waals surface area contributed by atoms with Crippen LogP contribution in [0.15, 0.2) is 54.6 Å². The molecule has 0 saturated carbocycles. The highest BCUT2D eigenvalue weighted by atomic mass is 16.5. The molecule has 2 aromatic carbocycles. The van der Waals surface area contributed by atoms with Crippen LogP contribution in [0.5, 0.6) is 17.2 Å². The van der Waals surface area contributed by atoms with Crippen molar-refractivity contribution in [2.24, 2.45) is 0 Å². The molecule has 3 rings (SSSR count). The minimum Gasteiger partial charge on any atom is -0.508 e. The lowest BCUT2D eigenvalue weighted by atomic mass is 9.97. The average Bonchev–Trinajstić information content (AvgIpc) is 2.68. The maximum Gasteiger partial charge on any atom is 0.189 e. The van der Waals surface area contributed by atoms with E-state index in [0.717, 1.165) is 16.9 Å². The van der Waals surface area contributed by atoms with E-state index in [1.807, 2.05) is 44.2 Å². The highest BCUT2D eigenvalue weighted by molar-refractivity contribution is 6.09. The Bertz CT molecular complexity index is 1060. The van der Waals surface area contributed by atoms with Crippen LogP contribution < -0.4 is 4.74 Å². The number of fused-ring (bicyclic) bond motifs is 1. The Balaban J connectivity index is 1.83. The van der Waals surface area contributed by atoms with Crippen LogP contribution in [-0.4, -0.2) is 32.8 Å². The molecular formula is C25H26O5. The molecule has 1 aliphatic heterocycles. The van der Waals surface area contributed by atoms with Gasteiger partial charge < -0.3 is 20.1 Å². The van der Waals surface area contributed by atoms with Gasteiger partial charge in [-0.15, -0.1) is 0 Å². The summed E-state index contributed by atoms with van der Waals surface area (Å²) in [5.74, 6) is -0.154. The highest BCUT2D eigenvalue weighted by Gasteiger charge is 2.22. The second kappa shape index (κ2) is 8.20. The number of ketones is 1. The van der Waals surface area contributed by atoms with Gasteiger partial charge in [-0.2, -0.15) is 0 Å². The number of allylic oxidation sites excluding steroid dienone is 1. The zero-order valence-corrected chi connectivity index (χ0v) is 17.3. The zero-order valence-electron chi connectivity index (χ0n) is 17.3. The first kappa shape index (κ1) is 21.4. The number of phenolic OH excluding ortho intramolecular Hbond substituents is 2.